The van der Waals surface area contributed by atoms with E-state index in [0.29, 0.717) is 0 Å². The van der Waals surface area contributed by atoms with Gasteiger partial charge in [-0.1, -0.05) is 72.8 Å². The Morgan fingerprint density at radius 3 is 1.76 bits per heavy atom. The monoisotopic (exact) mass is 484 g/mol. The van der Waals surface area contributed by atoms with Crippen LogP contribution in [0.15, 0.2) is 122 Å². The zero-order valence-electron chi connectivity index (χ0n) is 20.3. The normalized spacial score (nSPS) is 11.7. The molecule has 0 N–H and O–H groups in total. The summed E-state index contributed by atoms with van der Waals surface area (Å²) in [6, 6.07) is 36.2. The number of rotatable bonds is 2. The SMILES string of the molecule is c1cnc(-c2ccc3c4ccc(-c5ccc6ccc7cccnc7c6n5)cc4c4ccccc4c3c2)nc1. The summed E-state index contributed by atoms with van der Waals surface area (Å²) in [7, 11) is 0. The van der Waals surface area contributed by atoms with Crippen LogP contribution in [-0.2, 0) is 0 Å². The minimum absolute atomic E-state index is 0.735. The van der Waals surface area contributed by atoms with Crippen LogP contribution in [-0.4, -0.2) is 19.9 Å². The van der Waals surface area contributed by atoms with Gasteiger partial charge in [0.2, 0.25) is 0 Å². The van der Waals surface area contributed by atoms with E-state index in [9.17, 15) is 0 Å². The number of nitrogens with zero attached hydrogens (tertiary/aromatic N) is 4. The van der Waals surface area contributed by atoms with Crippen molar-refractivity contribution in [2.75, 3.05) is 0 Å². The lowest BCUT2D eigenvalue weighted by Gasteiger charge is -2.13. The zero-order valence-corrected chi connectivity index (χ0v) is 20.3. The fourth-order valence-electron chi connectivity index (χ4n) is 5.59. The molecule has 176 valence electrons. The number of hydrogen-bond donors (Lipinski definition) is 0. The molecule has 0 bridgehead atoms. The molecule has 8 rings (SSSR count). The standard InChI is InChI=1S/C34H20N4/c1-2-7-26-25(6-1)29-19-23(31-15-12-22-9-8-21-5-3-16-35-32(21)33(22)38-31)10-13-27(29)28-14-11-24(20-30(26)28)34-36-17-4-18-37-34/h1-20H. The predicted molar refractivity (Wildman–Crippen MR) is 156 cm³/mol. The molecule has 3 aromatic heterocycles. The summed E-state index contributed by atoms with van der Waals surface area (Å²) >= 11 is 0. The van der Waals surface area contributed by atoms with E-state index in [-0.39, 0.29) is 0 Å². The highest BCUT2D eigenvalue weighted by Crippen LogP contribution is 2.38. The minimum Gasteiger partial charge on any atom is -0.254 e. The van der Waals surface area contributed by atoms with E-state index in [1.54, 1.807) is 12.4 Å². The molecule has 4 nitrogen and oxygen atoms in total. The Morgan fingerprint density at radius 1 is 0.395 bits per heavy atom. The Morgan fingerprint density at radius 2 is 1.00 bits per heavy atom. The molecule has 8 aromatic rings. The van der Waals surface area contributed by atoms with Crippen molar-refractivity contribution in [3.8, 4) is 22.6 Å². The van der Waals surface area contributed by atoms with Gasteiger partial charge in [-0.05, 0) is 62.6 Å². The predicted octanol–water partition coefficient (Wildman–Crippen LogP) is 8.37. The number of fused-ring (bicyclic) bond motifs is 9. The smallest absolute Gasteiger partial charge is 0.159 e. The highest BCUT2D eigenvalue weighted by Gasteiger charge is 2.13. The van der Waals surface area contributed by atoms with Gasteiger partial charge in [-0.3, -0.25) is 4.98 Å². The number of benzene rings is 5. The van der Waals surface area contributed by atoms with Gasteiger partial charge < -0.3 is 0 Å². The molecule has 0 spiro atoms. The van der Waals surface area contributed by atoms with E-state index < -0.39 is 0 Å². The Kier molecular flexibility index (Phi) is 4.49. The molecule has 0 saturated heterocycles. The van der Waals surface area contributed by atoms with Crippen molar-refractivity contribution < 1.29 is 0 Å². The first-order valence-corrected chi connectivity index (χ1v) is 12.6. The van der Waals surface area contributed by atoms with Crippen LogP contribution in [0.5, 0.6) is 0 Å². The topological polar surface area (TPSA) is 51.6 Å². The van der Waals surface area contributed by atoms with E-state index in [0.717, 1.165) is 44.5 Å². The van der Waals surface area contributed by atoms with Crippen molar-refractivity contribution in [2.45, 2.75) is 0 Å². The Balaban J connectivity index is 1.38. The summed E-state index contributed by atoms with van der Waals surface area (Å²) in [5.41, 5.74) is 4.91. The maximum absolute atomic E-state index is 5.09. The third-order valence-electron chi connectivity index (χ3n) is 7.39. The molecule has 0 amide bonds. The van der Waals surface area contributed by atoms with Crippen LogP contribution in [0.25, 0.3) is 76.8 Å². The molecule has 5 aromatic carbocycles. The molecule has 0 aliphatic rings. The van der Waals surface area contributed by atoms with Gasteiger partial charge >= 0.3 is 0 Å². The first-order valence-electron chi connectivity index (χ1n) is 12.6. The van der Waals surface area contributed by atoms with Gasteiger partial charge in [-0.15, -0.1) is 0 Å². The second-order valence-electron chi connectivity index (χ2n) is 9.55. The van der Waals surface area contributed by atoms with Crippen LogP contribution in [0.1, 0.15) is 0 Å². The van der Waals surface area contributed by atoms with Gasteiger partial charge in [0.25, 0.3) is 0 Å². The van der Waals surface area contributed by atoms with Crippen molar-refractivity contribution in [2.24, 2.45) is 0 Å². The lowest BCUT2D eigenvalue weighted by Crippen LogP contribution is -1.90. The minimum atomic E-state index is 0.735. The van der Waals surface area contributed by atoms with Crippen LogP contribution in [0.2, 0.25) is 0 Å². The molecule has 0 atom stereocenters. The van der Waals surface area contributed by atoms with Gasteiger partial charge in [0, 0.05) is 40.5 Å². The van der Waals surface area contributed by atoms with Crippen LogP contribution < -0.4 is 0 Å². The maximum Gasteiger partial charge on any atom is 0.159 e. The highest BCUT2D eigenvalue weighted by atomic mass is 14.8. The molecule has 0 unspecified atom stereocenters. The molecule has 0 radical (unpaired) electrons. The molecule has 0 saturated carbocycles. The van der Waals surface area contributed by atoms with Crippen LogP contribution in [0.4, 0.5) is 0 Å². The van der Waals surface area contributed by atoms with Gasteiger partial charge in [0.1, 0.15) is 0 Å². The van der Waals surface area contributed by atoms with Crippen LogP contribution in [0.3, 0.4) is 0 Å². The Hall–Kier alpha value is -5.22. The molecule has 38 heavy (non-hydrogen) atoms. The van der Waals surface area contributed by atoms with E-state index in [2.05, 4.69) is 106 Å². The first-order chi connectivity index (χ1) is 18.8. The van der Waals surface area contributed by atoms with E-state index in [1.165, 1.54) is 32.3 Å². The fourth-order valence-corrected chi connectivity index (χ4v) is 5.59. The summed E-state index contributed by atoms with van der Waals surface area (Å²) in [5.74, 6) is 0.735. The summed E-state index contributed by atoms with van der Waals surface area (Å²) in [4.78, 5) is 18.6. The average Bonchev–Trinajstić information content (AvgIpc) is 3.01. The van der Waals surface area contributed by atoms with E-state index in [4.69, 9.17) is 4.98 Å². The Labute approximate surface area is 218 Å². The second-order valence-corrected chi connectivity index (χ2v) is 9.55. The van der Waals surface area contributed by atoms with Crippen molar-refractivity contribution in [1.29, 1.82) is 0 Å². The fraction of sp³-hybridized carbons (Fsp3) is 0. The average molecular weight is 485 g/mol. The lowest BCUT2D eigenvalue weighted by atomic mass is 9.91. The number of hydrogen-bond acceptors (Lipinski definition) is 4. The summed E-state index contributed by atoms with van der Waals surface area (Å²) in [6.07, 6.45) is 5.40. The van der Waals surface area contributed by atoms with Gasteiger partial charge in [-0.2, -0.15) is 0 Å². The molecule has 0 aliphatic heterocycles. The maximum atomic E-state index is 5.09. The summed E-state index contributed by atoms with van der Waals surface area (Å²) in [5, 5.41) is 9.47. The number of pyridine rings is 2. The molecular weight excluding hydrogens is 464 g/mol. The third-order valence-corrected chi connectivity index (χ3v) is 7.39. The van der Waals surface area contributed by atoms with Gasteiger partial charge in [0.05, 0.1) is 16.7 Å². The van der Waals surface area contributed by atoms with E-state index >= 15 is 0 Å². The highest BCUT2D eigenvalue weighted by molar-refractivity contribution is 6.26. The largest absolute Gasteiger partial charge is 0.254 e. The Bertz CT molecular complexity index is 2170. The van der Waals surface area contributed by atoms with Crippen molar-refractivity contribution in [1.82, 2.24) is 19.9 Å². The van der Waals surface area contributed by atoms with E-state index in [1.807, 2.05) is 18.3 Å². The second kappa shape index (κ2) is 8.15. The van der Waals surface area contributed by atoms with Crippen molar-refractivity contribution in [3.05, 3.63) is 122 Å². The molecule has 0 aliphatic carbocycles. The molecule has 0 fully saturated rings. The molecule has 3 heterocycles. The number of aromatic nitrogens is 4. The summed E-state index contributed by atoms with van der Waals surface area (Å²) in [6.45, 7) is 0. The lowest BCUT2D eigenvalue weighted by molar-refractivity contribution is 1.18. The summed E-state index contributed by atoms with van der Waals surface area (Å²) < 4.78 is 0. The van der Waals surface area contributed by atoms with Crippen molar-refractivity contribution in [3.63, 3.8) is 0 Å². The molecular formula is C34H20N4. The van der Waals surface area contributed by atoms with Crippen LogP contribution >= 0.6 is 0 Å². The zero-order chi connectivity index (χ0) is 25.1. The van der Waals surface area contributed by atoms with Crippen molar-refractivity contribution >= 4 is 54.1 Å². The van der Waals surface area contributed by atoms with Crippen LogP contribution in [0, 0.1) is 0 Å². The van der Waals surface area contributed by atoms with Gasteiger partial charge in [0.15, 0.2) is 5.82 Å². The van der Waals surface area contributed by atoms with Gasteiger partial charge in [-0.25, -0.2) is 15.0 Å². The quantitative estimate of drug-likeness (QED) is 0.231. The first kappa shape index (κ1) is 20.9. The third kappa shape index (κ3) is 3.17. The molecule has 4 heteroatoms.